The lowest BCUT2D eigenvalue weighted by Crippen LogP contribution is -2.42. The summed E-state index contributed by atoms with van der Waals surface area (Å²) in [7, 11) is 2.06. The Labute approximate surface area is 127 Å². The molecule has 0 saturated carbocycles. The lowest BCUT2D eigenvalue weighted by Gasteiger charge is -2.25. The van der Waals surface area contributed by atoms with Crippen molar-refractivity contribution in [1.29, 1.82) is 0 Å². The predicted molar refractivity (Wildman–Crippen MR) is 86.4 cm³/mol. The molecule has 3 nitrogen and oxygen atoms in total. The summed E-state index contributed by atoms with van der Waals surface area (Å²) in [6, 6.07) is 2.61. The van der Waals surface area contributed by atoms with E-state index in [9.17, 15) is 4.79 Å². The molecule has 1 amide bonds. The standard InChI is InChI=1S/C14H21BrN2OS/c1-10(2)17(4)8-11(3)16-14(18)6-5-13-7-12(15)9-19-13/h5-7,9-11H,8H2,1-4H3,(H,16,18)/b6-5+/t11-/m0/s1. The first-order valence-corrected chi connectivity index (χ1v) is 7.98. The minimum Gasteiger partial charge on any atom is -0.349 e. The lowest BCUT2D eigenvalue weighted by molar-refractivity contribution is -0.117. The van der Waals surface area contributed by atoms with E-state index in [2.05, 4.69) is 47.0 Å². The third-order valence-corrected chi connectivity index (χ3v) is 4.48. The van der Waals surface area contributed by atoms with E-state index < -0.39 is 0 Å². The molecule has 5 heteroatoms. The van der Waals surface area contributed by atoms with Gasteiger partial charge in [0.2, 0.25) is 5.91 Å². The lowest BCUT2D eigenvalue weighted by atomic mass is 10.2. The molecule has 1 aromatic rings. The number of carbonyl (C=O) groups is 1. The second-order valence-corrected chi connectivity index (χ2v) is 6.80. The van der Waals surface area contributed by atoms with Gasteiger partial charge in [0.1, 0.15) is 0 Å². The SMILES string of the molecule is CC(C)N(C)C[C@H](C)NC(=O)/C=C/c1cc(Br)cs1. The summed E-state index contributed by atoms with van der Waals surface area (Å²) in [5.41, 5.74) is 0. The highest BCUT2D eigenvalue weighted by molar-refractivity contribution is 9.10. The van der Waals surface area contributed by atoms with Crippen molar-refractivity contribution in [2.75, 3.05) is 13.6 Å². The van der Waals surface area contributed by atoms with Gasteiger partial charge in [-0.3, -0.25) is 4.79 Å². The summed E-state index contributed by atoms with van der Waals surface area (Å²) in [4.78, 5) is 15.0. The van der Waals surface area contributed by atoms with Gasteiger partial charge in [0.15, 0.2) is 0 Å². The molecule has 0 fully saturated rings. The van der Waals surface area contributed by atoms with Crippen molar-refractivity contribution >= 4 is 39.2 Å². The fourth-order valence-corrected chi connectivity index (χ4v) is 2.89. The Morgan fingerprint density at radius 1 is 1.53 bits per heavy atom. The molecule has 1 N–H and O–H groups in total. The molecule has 0 radical (unpaired) electrons. The highest BCUT2D eigenvalue weighted by Crippen LogP contribution is 2.20. The van der Waals surface area contributed by atoms with Gasteiger partial charge in [-0.05, 0) is 55.9 Å². The van der Waals surface area contributed by atoms with E-state index in [0.29, 0.717) is 6.04 Å². The number of thiophene rings is 1. The van der Waals surface area contributed by atoms with Crippen LogP contribution in [0.5, 0.6) is 0 Å². The van der Waals surface area contributed by atoms with Crippen LogP contribution < -0.4 is 5.32 Å². The Bertz CT molecular complexity index is 442. The van der Waals surface area contributed by atoms with Gasteiger partial charge in [0, 0.05) is 39.4 Å². The van der Waals surface area contributed by atoms with Gasteiger partial charge in [-0.2, -0.15) is 0 Å². The third kappa shape index (κ3) is 6.36. The van der Waals surface area contributed by atoms with Crippen LogP contribution in [-0.4, -0.2) is 36.5 Å². The van der Waals surface area contributed by atoms with Crippen molar-refractivity contribution in [3.8, 4) is 0 Å². The van der Waals surface area contributed by atoms with Crippen molar-refractivity contribution in [2.24, 2.45) is 0 Å². The molecule has 19 heavy (non-hydrogen) atoms. The number of nitrogens with one attached hydrogen (secondary N) is 1. The Balaban J connectivity index is 2.40. The second kappa shape index (κ2) is 7.82. The topological polar surface area (TPSA) is 32.3 Å². The number of hydrogen-bond acceptors (Lipinski definition) is 3. The van der Waals surface area contributed by atoms with Gasteiger partial charge in [0.05, 0.1) is 0 Å². The molecular formula is C14H21BrN2OS. The first-order chi connectivity index (χ1) is 8.88. The van der Waals surface area contributed by atoms with Gasteiger partial charge in [-0.15, -0.1) is 11.3 Å². The molecule has 0 bridgehead atoms. The van der Waals surface area contributed by atoms with Crippen molar-refractivity contribution in [3.05, 3.63) is 26.9 Å². The highest BCUT2D eigenvalue weighted by atomic mass is 79.9. The van der Waals surface area contributed by atoms with Crippen molar-refractivity contribution in [3.63, 3.8) is 0 Å². The molecule has 106 valence electrons. The zero-order chi connectivity index (χ0) is 14.4. The monoisotopic (exact) mass is 344 g/mol. The molecular weight excluding hydrogens is 324 g/mol. The minimum atomic E-state index is -0.0471. The summed E-state index contributed by atoms with van der Waals surface area (Å²) < 4.78 is 1.05. The van der Waals surface area contributed by atoms with Crippen LogP contribution in [0.1, 0.15) is 25.6 Å². The van der Waals surface area contributed by atoms with Gasteiger partial charge in [-0.25, -0.2) is 0 Å². The predicted octanol–water partition coefficient (Wildman–Crippen LogP) is 3.37. The molecule has 1 aromatic heterocycles. The van der Waals surface area contributed by atoms with Gasteiger partial charge >= 0.3 is 0 Å². The number of rotatable bonds is 6. The molecule has 0 aliphatic carbocycles. The molecule has 0 aromatic carbocycles. The van der Waals surface area contributed by atoms with Crippen LogP contribution >= 0.6 is 27.3 Å². The fraction of sp³-hybridized carbons (Fsp3) is 0.500. The summed E-state index contributed by atoms with van der Waals surface area (Å²) in [6.45, 7) is 7.15. The quantitative estimate of drug-likeness (QED) is 0.802. The van der Waals surface area contributed by atoms with Crippen molar-refractivity contribution in [1.82, 2.24) is 10.2 Å². The minimum absolute atomic E-state index is 0.0471. The van der Waals surface area contributed by atoms with Crippen LogP contribution in [0.3, 0.4) is 0 Å². The average molecular weight is 345 g/mol. The van der Waals surface area contributed by atoms with Gasteiger partial charge in [0.25, 0.3) is 0 Å². The van der Waals surface area contributed by atoms with Crippen molar-refractivity contribution < 1.29 is 4.79 Å². The van der Waals surface area contributed by atoms with E-state index in [-0.39, 0.29) is 11.9 Å². The number of carbonyl (C=O) groups excluding carboxylic acids is 1. The van der Waals surface area contributed by atoms with Gasteiger partial charge in [-0.1, -0.05) is 0 Å². The molecule has 1 rings (SSSR count). The molecule has 0 spiro atoms. The number of likely N-dealkylation sites (N-methyl/N-ethyl adjacent to an activating group) is 1. The number of hydrogen-bond donors (Lipinski definition) is 1. The molecule has 0 saturated heterocycles. The van der Waals surface area contributed by atoms with Crippen LogP contribution in [0.4, 0.5) is 0 Å². The summed E-state index contributed by atoms with van der Waals surface area (Å²) in [6.07, 6.45) is 3.42. The molecule has 0 aliphatic rings. The first-order valence-electron chi connectivity index (χ1n) is 6.31. The van der Waals surface area contributed by atoms with Crippen LogP contribution in [0, 0.1) is 0 Å². The Hall–Kier alpha value is -0.650. The molecule has 0 aliphatic heterocycles. The maximum absolute atomic E-state index is 11.8. The Kier molecular flexibility index (Phi) is 6.75. The molecule has 1 atom stereocenters. The van der Waals surface area contributed by atoms with Crippen LogP contribution in [0.25, 0.3) is 6.08 Å². The van der Waals surface area contributed by atoms with E-state index in [1.165, 1.54) is 0 Å². The Morgan fingerprint density at radius 2 is 2.21 bits per heavy atom. The fourth-order valence-electron chi connectivity index (χ4n) is 1.55. The number of halogens is 1. The van der Waals surface area contributed by atoms with E-state index in [4.69, 9.17) is 0 Å². The average Bonchev–Trinajstić information content (AvgIpc) is 2.72. The van der Waals surface area contributed by atoms with Crippen LogP contribution in [0.2, 0.25) is 0 Å². The van der Waals surface area contributed by atoms with E-state index in [0.717, 1.165) is 15.9 Å². The van der Waals surface area contributed by atoms with Crippen molar-refractivity contribution in [2.45, 2.75) is 32.9 Å². The highest BCUT2D eigenvalue weighted by Gasteiger charge is 2.10. The molecule has 1 heterocycles. The maximum Gasteiger partial charge on any atom is 0.244 e. The van der Waals surface area contributed by atoms with Crippen LogP contribution in [0.15, 0.2) is 22.0 Å². The maximum atomic E-state index is 11.8. The van der Waals surface area contributed by atoms with Crippen LogP contribution in [-0.2, 0) is 4.79 Å². The number of nitrogens with zero attached hydrogens (tertiary/aromatic N) is 1. The van der Waals surface area contributed by atoms with E-state index >= 15 is 0 Å². The second-order valence-electron chi connectivity index (χ2n) is 4.94. The van der Waals surface area contributed by atoms with Gasteiger partial charge < -0.3 is 10.2 Å². The smallest absolute Gasteiger partial charge is 0.244 e. The van der Waals surface area contributed by atoms with E-state index in [1.807, 2.05) is 24.4 Å². The summed E-state index contributed by atoms with van der Waals surface area (Å²) in [5, 5.41) is 4.97. The summed E-state index contributed by atoms with van der Waals surface area (Å²) >= 11 is 4.99. The Morgan fingerprint density at radius 3 is 2.74 bits per heavy atom. The summed E-state index contributed by atoms with van der Waals surface area (Å²) in [5.74, 6) is -0.0471. The van der Waals surface area contributed by atoms with E-state index in [1.54, 1.807) is 17.4 Å². The third-order valence-electron chi connectivity index (χ3n) is 2.82. The zero-order valence-electron chi connectivity index (χ0n) is 11.8. The molecule has 0 unspecified atom stereocenters. The number of amides is 1. The normalized spacial score (nSPS) is 13.4. The largest absolute Gasteiger partial charge is 0.349 e. The zero-order valence-corrected chi connectivity index (χ0v) is 14.2. The first kappa shape index (κ1) is 16.4.